The van der Waals surface area contributed by atoms with Crippen LogP contribution in [0.3, 0.4) is 0 Å². The third kappa shape index (κ3) is 5.38. The summed E-state index contributed by atoms with van der Waals surface area (Å²) in [6.45, 7) is 4.88. The van der Waals surface area contributed by atoms with Gasteiger partial charge in [-0.1, -0.05) is 11.8 Å². The molecule has 0 radical (unpaired) electrons. The summed E-state index contributed by atoms with van der Waals surface area (Å²) in [7, 11) is 1.78. The fraction of sp³-hybridized carbons (Fsp3) is 0.467. The van der Waals surface area contributed by atoms with Crippen molar-refractivity contribution in [3.8, 4) is 0 Å². The number of aromatic nitrogens is 1. The van der Waals surface area contributed by atoms with Crippen molar-refractivity contribution in [3.63, 3.8) is 0 Å². The molecule has 1 unspecified atom stereocenters. The first-order valence-electron chi connectivity index (χ1n) is 7.25. The van der Waals surface area contributed by atoms with Crippen molar-refractivity contribution in [1.82, 2.24) is 15.6 Å². The van der Waals surface area contributed by atoms with E-state index in [1.807, 2.05) is 30.6 Å². The molecule has 2 N–H and O–H groups in total. The van der Waals surface area contributed by atoms with Gasteiger partial charge in [0.05, 0.1) is 6.04 Å². The Morgan fingerprint density at radius 1 is 1.50 bits per heavy atom. The Morgan fingerprint density at radius 3 is 3.00 bits per heavy atom. The first-order valence-corrected chi connectivity index (χ1v) is 9.11. The molecule has 2 aromatic heterocycles. The van der Waals surface area contributed by atoms with Crippen LogP contribution in [0.25, 0.3) is 0 Å². The van der Waals surface area contributed by atoms with Gasteiger partial charge in [0.2, 0.25) is 0 Å². The summed E-state index contributed by atoms with van der Waals surface area (Å²) in [5.41, 5.74) is 0. The van der Waals surface area contributed by atoms with E-state index >= 15 is 0 Å². The zero-order valence-corrected chi connectivity index (χ0v) is 14.8. The van der Waals surface area contributed by atoms with Crippen molar-refractivity contribution < 1.29 is 4.42 Å². The molecule has 5 nitrogen and oxygen atoms in total. The van der Waals surface area contributed by atoms with E-state index in [4.69, 9.17) is 4.42 Å². The van der Waals surface area contributed by atoms with Gasteiger partial charge in [0.1, 0.15) is 15.9 Å². The predicted molar refractivity (Wildman–Crippen MR) is 93.8 cm³/mol. The number of hydrogen-bond acceptors (Lipinski definition) is 5. The highest BCUT2D eigenvalue weighted by molar-refractivity contribution is 8.00. The number of thioether (sulfide) groups is 1. The molecule has 0 spiro atoms. The summed E-state index contributed by atoms with van der Waals surface area (Å²) >= 11 is 3.48. The number of rotatable bonds is 7. The minimum Gasteiger partial charge on any atom is -0.464 e. The van der Waals surface area contributed by atoms with Crippen molar-refractivity contribution in [2.45, 2.75) is 30.6 Å². The summed E-state index contributed by atoms with van der Waals surface area (Å²) in [6, 6.07) is 4.05. The summed E-state index contributed by atoms with van der Waals surface area (Å²) in [4.78, 5) is 8.50. The highest BCUT2D eigenvalue weighted by Gasteiger charge is 2.10. The van der Waals surface area contributed by atoms with Crippen LogP contribution in [0.15, 0.2) is 37.5 Å². The van der Waals surface area contributed by atoms with Crippen molar-refractivity contribution >= 4 is 29.1 Å². The molecule has 0 aromatic carbocycles. The Bertz CT molecular complexity index is 580. The molecule has 22 heavy (non-hydrogen) atoms. The van der Waals surface area contributed by atoms with Crippen LogP contribution in [0.5, 0.6) is 0 Å². The van der Waals surface area contributed by atoms with E-state index in [1.165, 1.54) is 0 Å². The van der Waals surface area contributed by atoms with Gasteiger partial charge in [0, 0.05) is 30.9 Å². The van der Waals surface area contributed by atoms with Gasteiger partial charge in [-0.25, -0.2) is 4.98 Å². The van der Waals surface area contributed by atoms with Crippen molar-refractivity contribution in [3.05, 3.63) is 35.2 Å². The van der Waals surface area contributed by atoms with Crippen LogP contribution in [0.4, 0.5) is 0 Å². The number of nitrogens with zero attached hydrogens (tertiary/aromatic N) is 2. The molecular formula is C15H22N4OS2. The van der Waals surface area contributed by atoms with Crippen LogP contribution in [-0.2, 0) is 0 Å². The normalized spacial score (nSPS) is 13.1. The van der Waals surface area contributed by atoms with E-state index in [9.17, 15) is 0 Å². The smallest absolute Gasteiger partial charge is 0.191 e. The molecule has 0 aliphatic carbocycles. The fourth-order valence-corrected chi connectivity index (χ4v) is 3.52. The summed E-state index contributed by atoms with van der Waals surface area (Å²) in [6.07, 6.45) is 2.90. The summed E-state index contributed by atoms with van der Waals surface area (Å²) in [5.74, 6) is 3.68. The van der Waals surface area contributed by atoms with E-state index in [0.717, 1.165) is 40.5 Å². The van der Waals surface area contributed by atoms with Crippen LogP contribution in [0.1, 0.15) is 30.9 Å². The number of furan rings is 1. The van der Waals surface area contributed by atoms with Gasteiger partial charge < -0.3 is 15.1 Å². The van der Waals surface area contributed by atoms with Crippen LogP contribution in [0, 0.1) is 6.92 Å². The second-order valence-electron chi connectivity index (χ2n) is 4.81. The average Bonchev–Trinajstić information content (AvgIpc) is 3.17. The summed E-state index contributed by atoms with van der Waals surface area (Å²) < 4.78 is 6.75. The zero-order valence-electron chi connectivity index (χ0n) is 13.1. The topological polar surface area (TPSA) is 62.5 Å². The van der Waals surface area contributed by atoms with Gasteiger partial charge in [0.25, 0.3) is 0 Å². The molecule has 0 saturated heterocycles. The molecule has 0 amide bonds. The third-order valence-electron chi connectivity index (χ3n) is 3.01. The van der Waals surface area contributed by atoms with Gasteiger partial charge in [-0.15, -0.1) is 11.3 Å². The van der Waals surface area contributed by atoms with Crippen LogP contribution in [-0.4, -0.2) is 30.3 Å². The second-order valence-corrected chi connectivity index (χ2v) is 7.05. The monoisotopic (exact) mass is 338 g/mol. The lowest BCUT2D eigenvalue weighted by molar-refractivity contribution is 0.441. The molecule has 2 heterocycles. The fourth-order valence-electron chi connectivity index (χ4n) is 1.88. The SMILES string of the molecule is CN=C(NCCCSc1nccs1)NC(C)c1ccc(C)o1. The first kappa shape index (κ1) is 16.9. The van der Waals surface area contributed by atoms with E-state index in [-0.39, 0.29) is 6.04 Å². The molecule has 2 aromatic rings. The van der Waals surface area contributed by atoms with Crippen LogP contribution in [0.2, 0.25) is 0 Å². The van der Waals surface area contributed by atoms with Gasteiger partial charge in [-0.3, -0.25) is 4.99 Å². The molecule has 1 atom stereocenters. The molecule has 0 saturated carbocycles. The Morgan fingerprint density at radius 2 is 2.36 bits per heavy atom. The standard InChI is InChI=1S/C15H22N4OS2/c1-11-5-6-13(20-11)12(2)19-14(16-3)17-7-4-9-21-15-18-8-10-22-15/h5-6,8,10,12H,4,7,9H2,1-3H3,(H2,16,17,19). The highest BCUT2D eigenvalue weighted by atomic mass is 32.2. The quantitative estimate of drug-likeness (QED) is 0.350. The number of guanidine groups is 1. The lowest BCUT2D eigenvalue weighted by Crippen LogP contribution is -2.39. The lowest BCUT2D eigenvalue weighted by Gasteiger charge is -2.16. The lowest BCUT2D eigenvalue weighted by atomic mass is 10.2. The number of aryl methyl sites for hydroxylation is 1. The van der Waals surface area contributed by atoms with E-state index < -0.39 is 0 Å². The maximum atomic E-state index is 5.62. The zero-order chi connectivity index (χ0) is 15.8. The van der Waals surface area contributed by atoms with E-state index in [0.29, 0.717) is 0 Å². The molecule has 0 fully saturated rings. The largest absolute Gasteiger partial charge is 0.464 e. The predicted octanol–water partition coefficient (Wildman–Crippen LogP) is 3.45. The molecule has 2 rings (SSSR count). The molecule has 7 heteroatoms. The average molecular weight is 339 g/mol. The highest BCUT2D eigenvalue weighted by Crippen LogP contribution is 2.20. The molecule has 0 bridgehead atoms. The summed E-state index contributed by atoms with van der Waals surface area (Å²) in [5, 5.41) is 8.66. The number of nitrogens with one attached hydrogen (secondary N) is 2. The minimum absolute atomic E-state index is 0.0876. The molecular weight excluding hydrogens is 316 g/mol. The molecule has 0 aliphatic rings. The van der Waals surface area contributed by atoms with Gasteiger partial charge in [-0.05, 0) is 32.4 Å². The minimum atomic E-state index is 0.0876. The Kier molecular flexibility index (Phi) is 6.79. The van der Waals surface area contributed by atoms with Crippen molar-refractivity contribution in [2.75, 3.05) is 19.3 Å². The number of thiazole rings is 1. The Hall–Kier alpha value is -1.47. The van der Waals surface area contributed by atoms with Crippen molar-refractivity contribution in [2.24, 2.45) is 4.99 Å². The first-order chi connectivity index (χ1) is 10.7. The Labute approximate surface area is 139 Å². The van der Waals surface area contributed by atoms with Gasteiger partial charge in [0.15, 0.2) is 5.96 Å². The maximum Gasteiger partial charge on any atom is 0.191 e. The van der Waals surface area contributed by atoms with Crippen LogP contribution < -0.4 is 10.6 Å². The molecule has 0 aliphatic heterocycles. The van der Waals surface area contributed by atoms with Crippen LogP contribution >= 0.6 is 23.1 Å². The van der Waals surface area contributed by atoms with Crippen molar-refractivity contribution in [1.29, 1.82) is 0 Å². The van der Waals surface area contributed by atoms with E-state index in [2.05, 4.69) is 27.5 Å². The molecule has 120 valence electrons. The Balaban J connectivity index is 1.66. The van der Waals surface area contributed by atoms with Gasteiger partial charge >= 0.3 is 0 Å². The maximum absolute atomic E-state index is 5.62. The van der Waals surface area contributed by atoms with E-state index in [1.54, 1.807) is 30.1 Å². The third-order valence-corrected chi connectivity index (χ3v) is 5.07. The number of aliphatic imine (C=N–C) groups is 1. The van der Waals surface area contributed by atoms with Gasteiger partial charge in [-0.2, -0.15) is 0 Å². The second kappa shape index (κ2) is 8.85. The number of hydrogen-bond donors (Lipinski definition) is 2.